The molecule has 1 N–H and O–H groups in total. The number of hydrogen-bond acceptors (Lipinski definition) is 2. The summed E-state index contributed by atoms with van der Waals surface area (Å²) in [7, 11) is 0. The average Bonchev–Trinajstić information content (AvgIpc) is 3.12. The van der Waals surface area contributed by atoms with E-state index in [0.717, 1.165) is 22.9 Å². The fourth-order valence-corrected chi connectivity index (χ4v) is 1.84. The molecule has 0 radical (unpaired) electrons. The molecule has 3 heteroatoms. The van der Waals surface area contributed by atoms with Gasteiger partial charge in [-0.25, -0.2) is 0 Å². The molecule has 0 aromatic heterocycles. The highest BCUT2D eigenvalue weighted by molar-refractivity contribution is 6.31. The Kier molecular flexibility index (Phi) is 4.08. The molecular formula is C14H18ClNO. The minimum absolute atomic E-state index is 0.00635. The molecule has 0 spiro atoms. The van der Waals surface area contributed by atoms with Gasteiger partial charge in [-0.2, -0.15) is 0 Å². The van der Waals surface area contributed by atoms with Gasteiger partial charge < -0.3 is 10.1 Å². The summed E-state index contributed by atoms with van der Waals surface area (Å²) in [6.07, 6.45) is 4.31. The van der Waals surface area contributed by atoms with Gasteiger partial charge in [-0.1, -0.05) is 30.3 Å². The Morgan fingerprint density at radius 2 is 2.35 bits per heavy atom. The number of hydrogen-bond donors (Lipinski definition) is 1. The first kappa shape index (κ1) is 12.5. The zero-order chi connectivity index (χ0) is 12.3. The quantitative estimate of drug-likeness (QED) is 0.781. The third kappa shape index (κ3) is 3.48. The van der Waals surface area contributed by atoms with E-state index >= 15 is 0 Å². The fourth-order valence-electron chi connectivity index (χ4n) is 1.60. The monoisotopic (exact) mass is 251 g/mol. The molecule has 1 saturated carbocycles. The predicted molar refractivity (Wildman–Crippen MR) is 71.6 cm³/mol. The van der Waals surface area contributed by atoms with Gasteiger partial charge in [-0.3, -0.25) is 0 Å². The molecule has 0 saturated heterocycles. The van der Waals surface area contributed by atoms with E-state index in [1.165, 1.54) is 12.8 Å². The van der Waals surface area contributed by atoms with Crippen LogP contribution in [0.3, 0.4) is 0 Å². The molecule has 1 aliphatic carbocycles. The summed E-state index contributed by atoms with van der Waals surface area (Å²) in [6.45, 7) is 6.45. The smallest absolute Gasteiger partial charge is 0.126 e. The van der Waals surface area contributed by atoms with Gasteiger partial charge in [0.1, 0.15) is 11.9 Å². The Labute approximate surface area is 108 Å². The van der Waals surface area contributed by atoms with Gasteiger partial charge in [0.25, 0.3) is 0 Å². The number of nitrogens with one attached hydrogen (secondary N) is 1. The largest absolute Gasteiger partial charge is 0.486 e. The van der Waals surface area contributed by atoms with E-state index in [9.17, 15) is 0 Å². The molecule has 1 aromatic carbocycles. The first-order chi connectivity index (χ1) is 8.20. The van der Waals surface area contributed by atoms with Crippen LogP contribution in [0.4, 0.5) is 0 Å². The molecule has 1 unspecified atom stereocenters. The van der Waals surface area contributed by atoms with Crippen LogP contribution < -0.4 is 10.1 Å². The van der Waals surface area contributed by atoms with Crippen LogP contribution >= 0.6 is 11.6 Å². The minimum atomic E-state index is -0.00635. The molecule has 1 aliphatic rings. The van der Waals surface area contributed by atoms with Gasteiger partial charge in [0, 0.05) is 23.2 Å². The van der Waals surface area contributed by atoms with Crippen molar-refractivity contribution < 1.29 is 4.74 Å². The van der Waals surface area contributed by atoms with Crippen molar-refractivity contribution in [2.24, 2.45) is 0 Å². The molecule has 92 valence electrons. The Balaban J connectivity index is 2.10. The standard InChI is InChI=1S/C14H18ClNO/c1-3-10(2)17-14-6-4-5-13(15)12(14)9-16-11-7-8-11/h3-6,10-11,16H,1,7-9H2,2H3. The van der Waals surface area contributed by atoms with E-state index in [1.54, 1.807) is 6.08 Å². The van der Waals surface area contributed by atoms with Crippen LogP contribution in [-0.4, -0.2) is 12.1 Å². The summed E-state index contributed by atoms with van der Waals surface area (Å²) in [5.41, 5.74) is 1.04. The maximum atomic E-state index is 6.21. The van der Waals surface area contributed by atoms with Crippen molar-refractivity contribution in [3.8, 4) is 5.75 Å². The van der Waals surface area contributed by atoms with Crippen LogP contribution in [0.1, 0.15) is 25.3 Å². The average molecular weight is 252 g/mol. The molecule has 1 fully saturated rings. The number of benzene rings is 1. The summed E-state index contributed by atoms with van der Waals surface area (Å²) >= 11 is 6.21. The van der Waals surface area contributed by atoms with Gasteiger partial charge in [0.05, 0.1) is 0 Å². The van der Waals surface area contributed by atoms with Gasteiger partial charge in [0.15, 0.2) is 0 Å². The summed E-state index contributed by atoms with van der Waals surface area (Å²) in [6, 6.07) is 6.43. The number of halogens is 1. The molecule has 0 bridgehead atoms. The third-order valence-electron chi connectivity index (χ3n) is 2.87. The van der Waals surface area contributed by atoms with Crippen molar-refractivity contribution in [3.05, 3.63) is 41.4 Å². The minimum Gasteiger partial charge on any atom is -0.486 e. The SMILES string of the molecule is C=CC(C)Oc1cccc(Cl)c1CNC1CC1. The first-order valence-electron chi connectivity index (χ1n) is 6.00. The van der Waals surface area contributed by atoms with Crippen molar-refractivity contribution >= 4 is 11.6 Å². The Morgan fingerprint density at radius 3 is 3.00 bits per heavy atom. The lowest BCUT2D eigenvalue weighted by Gasteiger charge is -2.16. The van der Waals surface area contributed by atoms with Crippen LogP contribution in [0.5, 0.6) is 5.75 Å². The maximum Gasteiger partial charge on any atom is 0.126 e. The summed E-state index contributed by atoms with van der Waals surface area (Å²) in [4.78, 5) is 0. The van der Waals surface area contributed by atoms with E-state index in [0.29, 0.717) is 6.04 Å². The molecule has 2 rings (SSSR count). The molecule has 0 amide bonds. The summed E-state index contributed by atoms with van der Waals surface area (Å²) in [5, 5.41) is 4.21. The van der Waals surface area contributed by atoms with Crippen molar-refractivity contribution in [1.82, 2.24) is 5.32 Å². The second-order valence-electron chi connectivity index (χ2n) is 4.43. The lowest BCUT2D eigenvalue weighted by molar-refractivity contribution is 0.267. The fraction of sp³-hybridized carbons (Fsp3) is 0.429. The first-order valence-corrected chi connectivity index (χ1v) is 6.38. The molecule has 1 aromatic rings. The Bertz CT molecular complexity index is 401. The van der Waals surface area contributed by atoms with Crippen molar-refractivity contribution in [2.45, 2.75) is 38.5 Å². The molecule has 2 nitrogen and oxygen atoms in total. The van der Waals surface area contributed by atoms with Crippen molar-refractivity contribution in [3.63, 3.8) is 0 Å². The van der Waals surface area contributed by atoms with Crippen molar-refractivity contribution in [2.75, 3.05) is 0 Å². The van der Waals surface area contributed by atoms with Gasteiger partial charge >= 0.3 is 0 Å². The van der Waals surface area contributed by atoms with E-state index in [2.05, 4.69) is 11.9 Å². The molecule has 17 heavy (non-hydrogen) atoms. The zero-order valence-corrected chi connectivity index (χ0v) is 10.8. The van der Waals surface area contributed by atoms with Gasteiger partial charge in [0.2, 0.25) is 0 Å². The van der Waals surface area contributed by atoms with E-state index in [-0.39, 0.29) is 6.10 Å². The molecule has 0 aliphatic heterocycles. The number of ether oxygens (including phenoxy) is 1. The van der Waals surface area contributed by atoms with Crippen LogP contribution in [0, 0.1) is 0 Å². The maximum absolute atomic E-state index is 6.21. The lowest BCUT2D eigenvalue weighted by atomic mass is 10.2. The van der Waals surface area contributed by atoms with E-state index in [1.807, 2.05) is 25.1 Å². The second kappa shape index (κ2) is 5.56. The molecular weight excluding hydrogens is 234 g/mol. The van der Waals surface area contributed by atoms with Crippen LogP contribution in [0.2, 0.25) is 5.02 Å². The van der Waals surface area contributed by atoms with Crippen LogP contribution in [0.25, 0.3) is 0 Å². The van der Waals surface area contributed by atoms with Gasteiger partial charge in [-0.05, 0) is 31.9 Å². The van der Waals surface area contributed by atoms with Crippen LogP contribution in [0.15, 0.2) is 30.9 Å². The topological polar surface area (TPSA) is 21.3 Å². The van der Waals surface area contributed by atoms with E-state index < -0.39 is 0 Å². The summed E-state index contributed by atoms with van der Waals surface area (Å²) < 4.78 is 5.79. The normalized spacial score (nSPS) is 16.6. The molecule has 1 atom stereocenters. The van der Waals surface area contributed by atoms with E-state index in [4.69, 9.17) is 16.3 Å². The number of rotatable bonds is 6. The third-order valence-corrected chi connectivity index (χ3v) is 3.22. The Hall–Kier alpha value is -0.990. The molecule has 0 heterocycles. The zero-order valence-electron chi connectivity index (χ0n) is 10.1. The second-order valence-corrected chi connectivity index (χ2v) is 4.84. The highest BCUT2D eigenvalue weighted by atomic mass is 35.5. The predicted octanol–water partition coefficient (Wildman–Crippen LogP) is 3.55. The van der Waals surface area contributed by atoms with Gasteiger partial charge in [-0.15, -0.1) is 0 Å². The highest BCUT2D eigenvalue weighted by Crippen LogP contribution is 2.28. The lowest BCUT2D eigenvalue weighted by Crippen LogP contribution is -2.17. The van der Waals surface area contributed by atoms with Crippen molar-refractivity contribution in [1.29, 1.82) is 0 Å². The highest BCUT2D eigenvalue weighted by Gasteiger charge is 2.21. The Morgan fingerprint density at radius 1 is 1.59 bits per heavy atom. The van der Waals surface area contributed by atoms with Crippen LogP contribution in [-0.2, 0) is 6.54 Å². The summed E-state index contributed by atoms with van der Waals surface area (Å²) in [5.74, 6) is 0.845.